The zero-order valence-electron chi connectivity index (χ0n) is 15.5. The molecule has 0 aliphatic heterocycles. The summed E-state index contributed by atoms with van der Waals surface area (Å²) in [6, 6.07) is 7.50. The number of rotatable bonds is 5. The van der Waals surface area contributed by atoms with Gasteiger partial charge < -0.3 is 9.47 Å². The lowest BCUT2D eigenvalue weighted by molar-refractivity contribution is -0.144. The van der Waals surface area contributed by atoms with Crippen molar-refractivity contribution in [1.82, 2.24) is 14.8 Å². The highest BCUT2D eigenvalue weighted by molar-refractivity contribution is 5.86. The minimum absolute atomic E-state index is 0.0220. The lowest BCUT2D eigenvalue weighted by Gasteiger charge is -2.12. The van der Waals surface area contributed by atoms with Crippen LogP contribution in [0.4, 0.5) is 13.2 Å². The van der Waals surface area contributed by atoms with Crippen LogP contribution >= 0.6 is 0 Å². The Balaban J connectivity index is 2.21. The molecule has 28 heavy (non-hydrogen) atoms. The van der Waals surface area contributed by atoms with Crippen LogP contribution in [0.2, 0.25) is 0 Å². The Morgan fingerprint density at radius 1 is 1.21 bits per heavy atom. The molecule has 0 radical (unpaired) electrons. The number of hydrogen-bond donors (Lipinski definition) is 0. The molecule has 0 aliphatic rings. The third-order valence-corrected chi connectivity index (χ3v) is 4.15. The summed E-state index contributed by atoms with van der Waals surface area (Å²) in [6.07, 6.45) is -4.61. The molecule has 0 fully saturated rings. The minimum atomic E-state index is -4.61. The van der Waals surface area contributed by atoms with Crippen LogP contribution in [0.5, 0.6) is 5.75 Å². The van der Waals surface area contributed by atoms with Gasteiger partial charge in [-0.05, 0) is 44.2 Å². The summed E-state index contributed by atoms with van der Waals surface area (Å²) in [7, 11) is 1.50. The van der Waals surface area contributed by atoms with Gasteiger partial charge in [-0.3, -0.25) is 4.79 Å². The summed E-state index contributed by atoms with van der Waals surface area (Å²) in [4.78, 5) is 16.2. The topological polar surface area (TPSA) is 66.2 Å². The number of pyridine rings is 1. The maximum absolute atomic E-state index is 13.7. The maximum Gasteiger partial charge on any atom is 0.417 e. The molecule has 0 bridgehead atoms. The second-order valence-corrected chi connectivity index (χ2v) is 6.03. The Labute approximate surface area is 158 Å². The molecule has 6 nitrogen and oxygen atoms in total. The number of alkyl halides is 3. The van der Waals surface area contributed by atoms with Crippen LogP contribution in [0.25, 0.3) is 22.3 Å². The van der Waals surface area contributed by atoms with Crippen molar-refractivity contribution in [2.24, 2.45) is 0 Å². The first kappa shape index (κ1) is 19.7. The number of fused-ring (bicyclic) bond motifs is 1. The number of nitrogens with zero attached hydrogens (tertiary/aromatic N) is 3. The van der Waals surface area contributed by atoms with E-state index in [-0.39, 0.29) is 35.6 Å². The van der Waals surface area contributed by atoms with Gasteiger partial charge in [-0.2, -0.15) is 18.3 Å². The van der Waals surface area contributed by atoms with Crippen molar-refractivity contribution < 1.29 is 27.4 Å². The van der Waals surface area contributed by atoms with Gasteiger partial charge in [0.1, 0.15) is 12.3 Å². The quantitative estimate of drug-likeness (QED) is 0.613. The monoisotopic (exact) mass is 393 g/mol. The van der Waals surface area contributed by atoms with Crippen LogP contribution in [0, 0.1) is 6.92 Å². The van der Waals surface area contributed by atoms with E-state index < -0.39 is 17.7 Å². The van der Waals surface area contributed by atoms with E-state index in [0.29, 0.717) is 11.3 Å². The Morgan fingerprint density at radius 3 is 2.46 bits per heavy atom. The minimum Gasteiger partial charge on any atom is -0.497 e. The number of hydrogen-bond acceptors (Lipinski definition) is 5. The Hall–Kier alpha value is -3.10. The lowest BCUT2D eigenvalue weighted by atomic mass is 10.1. The summed E-state index contributed by atoms with van der Waals surface area (Å²) in [5.41, 5.74) is -0.134. The number of halogens is 3. The van der Waals surface area contributed by atoms with E-state index in [2.05, 4.69) is 10.1 Å². The van der Waals surface area contributed by atoms with Crippen molar-refractivity contribution in [3.8, 4) is 17.0 Å². The van der Waals surface area contributed by atoms with Crippen molar-refractivity contribution in [1.29, 1.82) is 0 Å². The van der Waals surface area contributed by atoms with Gasteiger partial charge in [0.2, 0.25) is 0 Å². The Kier molecular flexibility index (Phi) is 5.26. The first-order valence-corrected chi connectivity index (χ1v) is 8.50. The SMILES string of the molecule is CCOC(=O)Cn1nc(C)c2c(C(F)(F)F)cc(-c3ccc(OC)cc3)nc21. The van der Waals surface area contributed by atoms with Gasteiger partial charge in [0, 0.05) is 5.56 Å². The summed E-state index contributed by atoms with van der Waals surface area (Å²) in [6.45, 7) is 2.93. The Bertz CT molecular complexity index is 1010. The first-order valence-electron chi connectivity index (χ1n) is 8.50. The van der Waals surface area contributed by atoms with Crippen LogP contribution in [-0.2, 0) is 22.3 Å². The van der Waals surface area contributed by atoms with E-state index in [4.69, 9.17) is 9.47 Å². The molecule has 9 heteroatoms. The number of aromatic nitrogens is 3. The summed E-state index contributed by atoms with van der Waals surface area (Å²) >= 11 is 0. The van der Waals surface area contributed by atoms with Gasteiger partial charge in [0.15, 0.2) is 5.65 Å². The van der Waals surface area contributed by atoms with Crippen LogP contribution < -0.4 is 4.74 Å². The van der Waals surface area contributed by atoms with Gasteiger partial charge in [0.05, 0.1) is 36.1 Å². The molecule has 0 aliphatic carbocycles. The fourth-order valence-electron chi connectivity index (χ4n) is 2.93. The van der Waals surface area contributed by atoms with Gasteiger partial charge in [-0.25, -0.2) is 9.67 Å². The highest BCUT2D eigenvalue weighted by Gasteiger charge is 2.35. The van der Waals surface area contributed by atoms with E-state index in [9.17, 15) is 18.0 Å². The first-order chi connectivity index (χ1) is 13.2. The number of aryl methyl sites for hydroxylation is 1. The van der Waals surface area contributed by atoms with Crippen molar-refractivity contribution in [3.05, 3.63) is 41.6 Å². The Morgan fingerprint density at radius 2 is 1.89 bits per heavy atom. The molecule has 0 saturated carbocycles. The average Bonchev–Trinajstić information content (AvgIpc) is 2.96. The largest absolute Gasteiger partial charge is 0.497 e. The fourth-order valence-corrected chi connectivity index (χ4v) is 2.93. The molecular formula is C19H18F3N3O3. The molecule has 3 aromatic rings. The second-order valence-electron chi connectivity index (χ2n) is 6.03. The van der Waals surface area contributed by atoms with E-state index >= 15 is 0 Å². The van der Waals surface area contributed by atoms with E-state index in [1.165, 1.54) is 14.0 Å². The molecule has 148 valence electrons. The molecular weight excluding hydrogens is 375 g/mol. The van der Waals surface area contributed by atoms with E-state index in [1.807, 2.05) is 0 Å². The van der Waals surface area contributed by atoms with Crippen molar-refractivity contribution in [2.75, 3.05) is 13.7 Å². The normalized spacial score (nSPS) is 11.6. The van der Waals surface area contributed by atoms with Crippen molar-refractivity contribution in [2.45, 2.75) is 26.6 Å². The molecule has 0 spiro atoms. The summed E-state index contributed by atoms with van der Waals surface area (Å²) in [5.74, 6) is -0.0267. The number of benzene rings is 1. The number of carbonyl (C=O) groups is 1. The standard InChI is InChI=1S/C19H18F3N3O3/c1-4-28-16(26)10-25-18-17(11(2)24-25)14(19(20,21)22)9-15(23-18)12-5-7-13(27-3)8-6-12/h5-9H,4,10H2,1-3H3. The second kappa shape index (κ2) is 7.49. The molecule has 3 rings (SSSR count). The highest BCUT2D eigenvalue weighted by Crippen LogP contribution is 2.38. The van der Waals surface area contributed by atoms with Crippen molar-refractivity contribution in [3.63, 3.8) is 0 Å². The summed E-state index contributed by atoms with van der Waals surface area (Å²) < 4.78 is 52.3. The molecule has 0 unspecified atom stereocenters. The van der Waals surface area contributed by atoms with E-state index in [1.54, 1.807) is 31.2 Å². The van der Waals surface area contributed by atoms with Crippen LogP contribution in [0.15, 0.2) is 30.3 Å². The molecule has 1 aromatic carbocycles. The number of methoxy groups -OCH3 is 1. The third-order valence-electron chi connectivity index (χ3n) is 4.15. The molecule has 2 aromatic heterocycles. The van der Waals surface area contributed by atoms with E-state index in [0.717, 1.165) is 10.7 Å². The molecule has 0 N–H and O–H groups in total. The average molecular weight is 393 g/mol. The van der Waals surface area contributed by atoms with Gasteiger partial charge in [-0.15, -0.1) is 0 Å². The van der Waals surface area contributed by atoms with Crippen LogP contribution in [-0.4, -0.2) is 34.5 Å². The van der Waals surface area contributed by atoms with Gasteiger partial charge in [-0.1, -0.05) is 0 Å². The highest BCUT2D eigenvalue weighted by atomic mass is 19.4. The smallest absolute Gasteiger partial charge is 0.417 e. The predicted octanol–water partition coefficient (Wildman–Crippen LogP) is 4.00. The van der Waals surface area contributed by atoms with Gasteiger partial charge >= 0.3 is 12.1 Å². The van der Waals surface area contributed by atoms with Crippen LogP contribution in [0.1, 0.15) is 18.2 Å². The maximum atomic E-state index is 13.7. The summed E-state index contributed by atoms with van der Waals surface area (Å²) in [5, 5.41) is 3.95. The number of ether oxygens (including phenoxy) is 2. The fraction of sp³-hybridized carbons (Fsp3) is 0.316. The predicted molar refractivity (Wildman–Crippen MR) is 95.9 cm³/mol. The molecule has 0 atom stereocenters. The zero-order valence-corrected chi connectivity index (χ0v) is 15.5. The van der Waals surface area contributed by atoms with Crippen LogP contribution in [0.3, 0.4) is 0 Å². The number of carbonyl (C=O) groups excluding carboxylic acids is 1. The molecule has 0 amide bonds. The number of esters is 1. The zero-order chi connectivity index (χ0) is 20.5. The third kappa shape index (κ3) is 3.78. The molecule has 2 heterocycles. The molecule has 0 saturated heterocycles. The lowest BCUT2D eigenvalue weighted by Crippen LogP contribution is -2.15. The van der Waals surface area contributed by atoms with Crippen molar-refractivity contribution >= 4 is 17.0 Å². The van der Waals surface area contributed by atoms with Gasteiger partial charge in [0.25, 0.3) is 0 Å².